The molecule has 0 radical (unpaired) electrons. The average molecular weight is 579 g/mol. The Labute approximate surface area is 237 Å². The summed E-state index contributed by atoms with van der Waals surface area (Å²) in [5.41, 5.74) is 1.98. The molecule has 2 aliphatic carbocycles. The quantitative estimate of drug-likeness (QED) is 0.288. The number of hydrogen-bond donors (Lipinski definition) is 1. The molecule has 11 heteroatoms. The lowest BCUT2D eigenvalue weighted by Crippen LogP contribution is -2.32. The van der Waals surface area contributed by atoms with Crippen LogP contribution in [0.2, 0.25) is 0 Å². The van der Waals surface area contributed by atoms with Crippen molar-refractivity contribution in [3.8, 4) is 11.3 Å². The first-order valence-corrected chi connectivity index (χ1v) is 15.4. The van der Waals surface area contributed by atoms with Crippen LogP contribution in [-0.2, 0) is 21.4 Å². The molecule has 2 atom stereocenters. The fraction of sp³-hybridized carbons (Fsp3) is 0.345. The normalized spacial score (nSPS) is 27.1. The van der Waals surface area contributed by atoms with Crippen LogP contribution < -0.4 is 5.14 Å². The number of thioether (sulfide) groups is 1. The molecule has 208 valence electrons. The van der Waals surface area contributed by atoms with E-state index in [2.05, 4.69) is 25.9 Å². The van der Waals surface area contributed by atoms with E-state index in [1.165, 1.54) is 30.3 Å². The lowest BCUT2D eigenvalue weighted by atomic mass is 9.70. The van der Waals surface area contributed by atoms with E-state index >= 15 is 0 Å². The standard InChI is InChI=1S/C29H30N4O5S2/c1-28(2)19-12-13-29(28,3)25(15-19)31-32-27-33(17-21-5-4-14-37-21)26(34)24(39-27)16-20-8-11-23(38-20)18-6-9-22(10-7-18)40(30,35)36/h4-11,14,16,19H,12-13,15,17H2,1-3H3,(H2,30,35,36). The van der Waals surface area contributed by atoms with Crippen molar-refractivity contribution >= 4 is 44.6 Å². The number of nitrogens with zero attached hydrogens (tertiary/aromatic N) is 3. The number of furan rings is 2. The zero-order valence-electron chi connectivity index (χ0n) is 22.5. The molecule has 1 amide bonds. The van der Waals surface area contributed by atoms with Gasteiger partial charge < -0.3 is 8.83 Å². The maximum Gasteiger partial charge on any atom is 0.267 e. The van der Waals surface area contributed by atoms with Gasteiger partial charge in [-0.3, -0.25) is 9.69 Å². The van der Waals surface area contributed by atoms with Crippen LogP contribution in [0.4, 0.5) is 0 Å². The summed E-state index contributed by atoms with van der Waals surface area (Å²) in [6.45, 7) is 7.18. The molecule has 3 heterocycles. The van der Waals surface area contributed by atoms with E-state index in [-0.39, 0.29) is 28.2 Å². The molecule has 2 N–H and O–H groups in total. The van der Waals surface area contributed by atoms with Crippen LogP contribution in [0.3, 0.4) is 0 Å². The summed E-state index contributed by atoms with van der Waals surface area (Å²) in [4.78, 5) is 15.6. The van der Waals surface area contributed by atoms with E-state index in [9.17, 15) is 13.2 Å². The monoisotopic (exact) mass is 578 g/mol. The smallest absolute Gasteiger partial charge is 0.267 e. The largest absolute Gasteiger partial charge is 0.467 e. The van der Waals surface area contributed by atoms with Crippen molar-refractivity contribution in [3.63, 3.8) is 0 Å². The van der Waals surface area contributed by atoms with Crippen LogP contribution in [0.25, 0.3) is 17.4 Å². The van der Waals surface area contributed by atoms with E-state index in [0.717, 1.165) is 18.6 Å². The predicted molar refractivity (Wildman–Crippen MR) is 154 cm³/mol. The van der Waals surface area contributed by atoms with Gasteiger partial charge in [0.05, 0.1) is 22.6 Å². The van der Waals surface area contributed by atoms with E-state index in [4.69, 9.17) is 19.1 Å². The van der Waals surface area contributed by atoms with Gasteiger partial charge in [-0.1, -0.05) is 20.8 Å². The van der Waals surface area contributed by atoms with Gasteiger partial charge >= 0.3 is 0 Å². The molecule has 1 saturated heterocycles. The van der Waals surface area contributed by atoms with Crippen molar-refractivity contribution in [2.75, 3.05) is 0 Å². The van der Waals surface area contributed by atoms with Crippen LogP contribution in [-0.4, -0.2) is 30.1 Å². The van der Waals surface area contributed by atoms with Crippen molar-refractivity contribution in [1.29, 1.82) is 0 Å². The molecule has 3 aromatic rings. The second-order valence-electron chi connectivity index (χ2n) is 11.3. The number of amides is 1. The molecule has 6 rings (SSSR count). The summed E-state index contributed by atoms with van der Waals surface area (Å²) in [5.74, 6) is 2.05. The van der Waals surface area contributed by atoms with Crippen molar-refractivity contribution < 1.29 is 22.0 Å². The topological polar surface area (TPSA) is 131 Å². The van der Waals surface area contributed by atoms with Crippen molar-refractivity contribution in [2.45, 2.75) is 51.5 Å². The Morgan fingerprint density at radius 3 is 2.52 bits per heavy atom. The van der Waals surface area contributed by atoms with E-state index in [0.29, 0.717) is 38.8 Å². The van der Waals surface area contributed by atoms with Gasteiger partial charge in [-0.05, 0) is 90.9 Å². The van der Waals surface area contributed by atoms with Crippen molar-refractivity contribution in [1.82, 2.24) is 4.90 Å². The van der Waals surface area contributed by atoms with Crippen LogP contribution in [0.5, 0.6) is 0 Å². The molecule has 2 aromatic heterocycles. The molecule has 3 aliphatic rings. The van der Waals surface area contributed by atoms with Gasteiger partial charge in [0.15, 0.2) is 5.17 Å². The lowest BCUT2D eigenvalue weighted by molar-refractivity contribution is -0.122. The van der Waals surface area contributed by atoms with Gasteiger partial charge in [0.25, 0.3) is 5.91 Å². The highest BCUT2D eigenvalue weighted by atomic mass is 32.2. The highest BCUT2D eigenvalue weighted by Gasteiger charge is 2.60. The third kappa shape index (κ3) is 4.55. The molecule has 9 nitrogen and oxygen atoms in total. The Morgan fingerprint density at radius 1 is 1.12 bits per heavy atom. The maximum absolute atomic E-state index is 13.5. The summed E-state index contributed by atoms with van der Waals surface area (Å²) >= 11 is 1.25. The lowest BCUT2D eigenvalue weighted by Gasteiger charge is -2.34. The highest BCUT2D eigenvalue weighted by Crippen LogP contribution is 2.64. The number of benzene rings is 1. The van der Waals surface area contributed by atoms with E-state index in [1.54, 1.807) is 47.6 Å². The van der Waals surface area contributed by atoms with Crippen LogP contribution in [0.1, 0.15) is 51.6 Å². The zero-order valence-corrected chi connectivity index (χ0v) is 24.1. The zero-order chi connectivity index (χ0) is 28.3. The number of fused-ring (bicyclic) bond motifs is 2. The first kappa shape index (κ1) is 26.8. The minimum Gasteiger partial charge on any atom is -0.467 e. The molecule has 2 bridgehead atoms. The fourth-order valence-corrected chi connectivity index (χ4v) is 7.41. The summed E-state index contributed by atoms with van der Waals surface area (Å²) in [7, 11) is -3.78. The predicted octanol–water partition coefficient (Wildman–Crippen LogP) is 5.86. The van der Waals surface area contributed by atoms with Gasteiger partial charge in [-0.2, -0.15) is 5.10 Å². The second-order valence-corrected chi connectivity index (χ2v) is 13.8. The number of hydrogen-bond acceptors (Lipinski definition) is 8. The molecule has 2 saturated carbocycles. The van der Waals surface area contributed by atoms with E-state index in [1.807, 2.05) is 6.07 Å². The number of amidine groups is 1. The Balaban J connectivity index is 1.28. The van der Waals surface area contributed by atoms with E-state index < -0.39 is 10.0 Å². The molecule has 0 spiro atoms. The van der Waals surface area contributed by atoms with Crippen LogP contribution in [0, 0.1) is 16.7 Å². The Hall–Kier alpha value is -3.41. The Kier molecular flexibility index (Phi) is 6.43. The van der Waals surface area contributed by atoms with Crippen molar-refractivity contribution in [3.05, 3.63) is 71.2 Å². The minimum atomic E-state index is -3.78. The number of primary sulfonamides is 1. The van der Waals surface area contributed by atoms with Gasteiger partial charge in [-0.15, -0.1) is 5.10 Å². The Morgan fingerprint density at radius 2 is 1.90 bits per heavy atom. The fourth-order valence-electron chi connectivity index (χ4n) is 5.99. The molecule has 40 heavy (non-hydrogen) atoms. The minimum absolute atomic E-state index is 0.0105. The number of nitrogens with two attached hydrogens (primary N) is 1. The third-order valence-electron chi connectivity index (χ3n) is 8.92. The number of sulfonamides is 1. The molecule has 2 unspecified atom stereocenters. The summed E-state index contributed by atoms with van der Waals surface area (Å²) in [6.07, 6.45) is 6.52. The van der Waals surface area contributed by atoms with Gasteiger partial charge in [0, 0.05) is 22.8 Å². The summed E-state index contributed by atoms with van der Waals surface area (Å²) in [6, 6.07) is 13.2. The second kappa shape index (κ2) is 9.60. The van der Waals surface area contributed by atoms with Gasteiger partial charge in [0.2, 0.25) is 10.0 Å². The first-order chi connectivity index (χ1) is 19.0. The first-order valence-electron chi connectivity index (χ1n) is 13.1. The molecular weight excluding hydrogens is 548 g/mol. The SMILES string of the molecule is CC12CCC(CC1=NN=C1SC(=Cc3ccc(-c4ccc(S(N)(=O)=O)cc4)o3)C(=O)N1Cc1ccco1)C2(C)C. The maximum atomic E-state index is 13.5. The molecule has 3 fully saturated rings. The van der Waals surface area contributed by atoms with Crippen LogP contribution >= 0.6 is 11.8 Å². The van der Waals surface area contributed by atoms with Gasteiger partial charge in [0.1, 0.15) is 17.3 Å². The van der Waals surface area contributed by atoms with Crippen molar-refractivity contribution in [2.24, 2.45) is 32.1 Å². The number of rotatable bonds is 6. The molecular formula is C29H30N4O5S2. The highest BCUT2D eigenvalue weighted by molar-refractivity contribution is 8.18. The van der Waals surface area contributed by atoms with Crippen LogP contribution in [0.15, 0.2) is 83.6 Å². The molecule has 1 aromatic carbocycles. The number of carbonyl (C=O) groups excluding carboxylic acids is 1. The molecule has 1 aliphatic heterocycles. The summed E-state index contributed by atoms with van der Waals surface area (Å²) < 4.78 is 34.6. The Bertz CT molecular complexity index is 1670. The number of carbonyl (C=O) groups is 1. The average Bonchev–Trinajstić information content (AvgIpc) is 3.71. The van der Waals surface area contributed by atoms with Gasteiger partial charge in [-0.25, -0.2) is 13.6 Å². The third-order valence-corrected chi connectivity index (χ3v) is 10.8. The summed E-state index contributed by atoms with van der Waals surface area (Å²) in [5, 5.41) is 15.0.